The first-order chi connectivity index (χ1) is 9.57. The summed E-state index contributed by atoms with van der Waals surface area (Å²) in [5.74, 6) is 0. The van der Waals surface area contributed by atoms with Crippen LogP contribution in [0.15, 0.2) is 24.3 Å². The molecule has 1 aliphatic rings. The van der Waals surface area contributed by atoms with Crippen LogP contribution in [0, 0.1) is 0 Å². The van der Waals surface area contributed by atoms with E-state index < -0.39 is 0 Å². The summed E-state index contributed by atoms with van der Waals surface area (Å²) < 4.78 is 0. The summed E-state index contributed by atoms with van der Waals surface area (Å²) in [6.07, 6.45) is 6.88. The Bertz CT molecular complexity index is 476. The van der Waals surface area contributed by atoms with E-state index in [1.165, 1.54) is 24.8 Å². The maximum Gasteiger partial charge on any atom is 0.170 e. The summed E-state index contributed by atoms with van der Waals surface area (Å²) in [6, 6.07) is 8.43. The second kappa shape index (κ2) is 9.56. The van der Waals surface area contributed by atoms with Crippen LogP contribution in [0.1, 0.15) is 51.0 Å². The number of anilines is 1. The molecule has 1 aromatic carbocycles. The zero-order chi connectivity index (χ0) is 14.6. The molecule has 1 aromatic rings. The molecule has 3 nitrogen and oxygen atoms in total. The van der Waals surface area contributed by atoms with Crippen molar-refractivity contribution in [3.63, 3.8) is 0 Å². The highest BCUT2D eigenvalue weighted by molar-refractivity contribution is 7.80. The number of rotatable bonds is 4. The molecule has 1 saturated carbocycles. The van der Waals surface area contributed by atoms with Crippen molar-refractivity contribution in [1.82, 2.24) is 0 Å². The van der Waals surface area contributed by atoms with Gasteiger partial charge in [-0.25, -0.2) is 0 Å². The van der Waals surface area contributed by atoms with E-state index >= 15 is 0 Å². The van der Waals surface area contributed by atoms with Crippen LogP contribution in [-0.4, -0.2) is 11.7 Å². The molecular formula is C16H27Cl2N3S. The monoisotopic (exact) mass is 363 g/mol. The Morgan fingerprint density at radius 1 is 1.23 bits per heavy atom. The van der Waals surface area contributed by atoms with Crippen LogP contribution in [0.25, 0.3) is 0 Å². The van der Waals surface area contributed by atoms with Gasteiger partial charge in [0, 0.05) is 17.8 Å². The van der Waals surface area contributed by atoms with Crippen molar-refractivity contribution < 1.29 is 0 Å². The number of halogens is 2. The van der Waals surface area contributed by atoms with Gasteiger partial charge < -0.3 is 16.4 Å². The zero-order valence-corrected chi connectivity index (χ0v) is 15.5. The van der Waals surface area contributed by atoms with Crippen molar-refractivity contribution in [2.45, 2.75) is 51.0 Å². The quantitative estimate of drug-likeness (QED) is 0.790. The highest BCUT2D eigenvalue weighted by Gasteiger charge is 2.29. The highest BCUT2D eigenvalue weighted by Crippen LogP contribution is 2.36. The minimum absolute atomic E-state index is 0. The Morgan fingerprint density at radius 2 is 1.86 bits per heavy atom. The molecule has 6 heteroatoms. The molecule has 0 amide bonds. The predicted molar refractivity (Wildman–Crippen MR) is 104 cm³/mol. The van der Waals surface area contributed by atoms with Crippen LogP contribution in [0.3, 0.4) is 0 Å². The van der Waals surface area contributed by atoms with Crippen molar-refractivity contribution in [1.29, 1.82) is 0 Å². The van der Waals surface area contributed by atoms with Crippen LogP contribution >= 0.6 is 37.0 Å². The summed E-state index contributed by atoms with van der Waals surface area (Å²) in [5, 5.41) is 0.429. The Hall–Kier alpha value is -0.550. The van der Waals surface area contributed by atoms with Crippen molar-refractivity contribution in [3.05, 3.63) is 29.8 Å². The van der Waals surface area contributed by atoms with Crippen molar-refractivity contribution in [2.24, 2.45) is 11.5 Å². The van der Waals surface area contributed by atoms with E-state index in [2.05, 4.69) is 31.2 Å². The van der Waals surface area contributed by atoms with Crippen LogP contribution in [0.5, 0.6) is 0 Å². The van der Waals surface area contributed by atoms with Gasteiger partial charge in [-0.05, 0) is 49.2 Å². The Morgan fingerprint density at radius 3 is 2.41 bits per heavy atom. The molecule has 0 bridgehead atoms. The summed E-state index contributed by atoms with van der Waals surface area (Å²) in [7, 11) is 0. The van der Waals surface area contributed by atoms with Gasteiger partial charge in [-0.3, -0.25) is 0 Å². The molecule has 0 aromatic heterocycles. The van der Waals surface area contributed by atoms with Crippen LogP contribution in [0.2, 0.25) is 0 Å². The number of nitrogens with zero attached hydrogens (tertiary/aromatic N) is 1. The lowest BCUT2D eigenvalue weighted by Gasteiger charge is -2.35. The molecule has 126 valence electrons. The van der Waals surface area contributed by atoms with Crippen LogP contribution < -0.4 is 16.4 Å². The topological polar surface area (TPSA) is 55.3 Å². The fourth-order valence-electron chi connectivity index (χ4n) is 3.04. The molecule has 0 aliphatic heterocycles. The second-order valence-electron chi connectivity index (χ2n) is 5.76. The summed E-state index contributed by atoms with van der Waals surface area (Å²) in [5.41, 5.74) is 14.6. The lowest BCUT2D eigenvalue weighted by Crippen LogP contribution is -2.39. The summed E-state index contributed by atoms with van der Waals surface area (Å²) in [6.45, 7) is 2.97. The first kappa shape index (κ1) is 21.4. The van der Waals surface area contributed by atoms with Crippen LogP contribution in [0.4, 0.5) is 5.69 Å². The lowest BCUT2D eigenvalue weighted by molar-refractivity contribution is 0.302. The molecule has 0 saturated heterocycles. The molecule has 0 unspecified atom stereocenters. The van der Waals surface area contributed by atoms with Gasteiger partial charge >= 0.3 is 0 Å². The fraction of sp³-hybridized carbons (Fsp3) is 0.562. The number of nitrogens with two attached hydrogens (primary N) is 2. The smallest absolute Gasteiger partial charge is 0.170 e. The predicted octanol–water partition coefficient (Wildman–Crippen LogP) is 4.11. The fourth-order valence-corrected chi connectivity index (χ4v) is 3.24. The largest absolute Gasteiger partial charge is 0.376 e. The SMILES string of the molecule is CCCN(C(N)=S)c1cccc(C2(N)CCCCC2)c1.Cl.Cl. The molecule has 0 spiro atoms. The van der Waals surface area contributed by atoms with Crippen molar-refractivity contribution in [2.75, 3.05) is 11.4 Å². The Labute approximate surface area is 151 Å². The first-order valence-electron chi connectivity index (χ1n) is 7.53. The highest BCUT2D eigenvalue weighted by atomic mass is 35.5. The maximum atomic E-state index is 6.62. The van der Waals surface area contributed by atoms with E-state index in [1.54, 1.807) is 0 Å². The van der Waals surface area contributed by atoms with Gasteiger partial charge in [0.15, 0.2) is 5.11 Å². The number of thiocarbonyl (C=S) groups is 1. The van der Waals surface area contributed by atoms with E-state index in [4.69, 9.17) is 23.7 Å². The Kier molecular flexibility index (Phi) is 9.32. The molecule has 0 atom stereocenters. The van der Waals surface area contributed by atoms with Gasteiger partial charge in [0.1, 0.15) is 0 Å². The average Bonchev–Trinajstić information content (AvgIpc) is 2.45. The van der Waals surface area contributed by atoms with Gasteiger partial charge in [0.25, 0.3) is 0 Å². The lowest BCUT2D eigenvalue weighted by atomic mass is 9.77. The van der Waals surface area contributed by atoms with Gasteiger partial charge in [0.05, 0.1) is 0 Å². The van der Waals surface area contributed by atoms with E-state index in [0.29, 0.717) is 5.11 Å². The van der Waals surface area contributed by atoms with Crippen molar-refractivity contribution in [3.8, 4) is 0 Å². The first-order valence-corrected chi connectivity index (χ1v) is 7.94. The van der Waals surface area contributed by atoms with E-state index in [9.17, 15) is 0 Å². The Balaban J connectivity index is 0.00000220. The number of benzene rings is 1. The summed E-state index contributed by atoms with van der Waals surface area (Å²) in [4.78, 5) is 1.99. The van der Waals surface area contributed by atoms with Crippen molar-refractivity contribution >= 4 is 47.8 Å². The molecule has 0 heterocycles. The van der Waals surface area contributed by atoms with Gasteiger partial charge in [-0.2, -0.15) is 0 Å². The van der Waals surface area contributed by atoms with Gasteiger partial charge in [0.2, 0.25) is 0 Å². The summed E-state index contributed by atoms with van der Waals surface area (Å²) >= 11 is 5.16. The molecule has 2 rings (SSSR count). The number of hydrogen-bond acceptors (Lipinski definition) is 2. The zero-order valence-electron chi connectivity index (χ0n) is 13.1. The third-order valence-electron chi connectivity index (χ3n) is 4.19. The molecule has 1 fully saturated rings. The third-order valence-corrected chi connectivity index (χ3v) is 4.41. The second-order valence-corrected chi connectivity index (χ2v) is 6.18. The molecule has 1 aliphatic carbocycles. The van der Waals surface area contributed by atoms with Gasteiger partial charge in [-0.15, -0.1) is 24.8 Å². The van der Waals surface area contributed by atoms with E-state index in [0.717, 1.165) is 31.5 Å². The third kappa shape index (κ3) is 4.98. The standard InChI is InChI=1S/C16H25N3S.2ClH/c1-2-11-19(15(17)20)14-8-6-7-13(12-14)16(18)9-4-3-5-10-16;;/h6-8,12H,2-5,9-11,18H2,1H3,(H2,17,20);2*1H. The van der Waals surface area contributed by atoms with Gasteiger partial charge in [-0.1, -0.05) is 38.3 Å². The average molecular weight is 364 g/mol. The van der Waals surface area contributed by atoms with E-state index in [-0.39, 0.29) is 30.4 Å². The molecule has 4 N–H and O–H groups in total. The minimum atomic E-state index is -0.178. The minimum Gasteiger partial charge on any atom is -0.376 e. The molecular weight excluding hydrogens is 337 g/mol. The normalized spacial score (nSPS) is 16.1. The maximum absolute atomic E-state index is 6.62. The molecule has 0 radical (unpaired) electrons. The van der Waals surface area contributed by atoms with E-state index in [1.807, 2.05) is 4.90 Å². The van der Waals surface area contributed by atoms with Crippen LogP contribution in [-0.2, 0) is 5.54 Å². The number of hydrogen-bond donors (Lipinski definition) is 2. The molecule has 22 heavy (non-hydrogen) atoms.